The zero-order valence-electron chi connectivity index (χ0n) is 17.5. The lowest BCUT2D eigenvalue weighted by atomic mass is 9.86. The first kappa shape index (κ1) is 19.4. The predicted octanol–water partition coefficient (Wildman–Crippen LogP) is 2.30. The van der Waals surface area contributed by atoms with Gasteiger partial charge in [-0.1, -0.05) is 13.0 Å². The van der Waals surface area contributed by atoms with Crippen LogP contribution in [0.2, 0.25) is 0 Å². The summed E-state index contributed by atoms with van der Waals surface area (Å²) in [7, 11) is 3.81. The zero-order chi connectivity index (χ0) is 21.9. The fraction of sp³-hybridized carbons (Fsp3) is 0.304. The van der Waals surface area contributed by atoms with Crippen molar-refractivity contribution in [2.75, 3.05) is 14.1 Å². The Balaban J connectivity index is 1.72. The molecule has 2 aliphatic rings. The first-order valence-electron chi connectivity index (χ1n) is 10.1. The van der Waals surface area contributed by atoms with Crippen LogP contribution in [0.1, 0.15) is 30.0 Å². The second kappa shape index (κ2) is 6.75. The van der Waals surface area contributed by atoms with Crippen molar-refractivity contribution >= 4 is 28.9 Å². The molecule has 1 N–H and O–H groups in total. The van der Waals surface area contributed by atoms with E-state index in [1.54, 1.807) is 23.9 Å². The number of carbonyl (C=O) groups is 1. The van der Waals surface area contributed by atoms with E-state index in [0.717, 1.165) is 22.2 Å². The maximum atomic E-state index is 13.2. The van der Waals surface area contributed by atoms with Crippen LogP contribution < -0.4 is 5.56 Å². The van der Waals surface area contributed by atoms with Crippen molar-refractivity contribution in [1.82, 2.24) is 14.5 Å². The highest BCUT2D eigenvalue weighted by molar-refractivity contribution is 5.94. The summed E-state index contributed by atoms with van der Waals surface area (Å²) in [5, 5.41) is 11.9. The van der Waals surface area contributed by atoms with E-state index in [1.807, 2.05) is 43.3 Å². The summed E-state index contributed by atoms with van der Waals surface area (Å²) >= 11 is 0. The maximum absolute atomic E-state index is 13.2. The average molecular weight is 418 g/mol. The molecular weight excluding hydrogens is 396 g/mol. The molecule has 0 saturated carbocycles. The second-order valence-electron chi connectivity index (χ2n) is 8.15. The standard InChI is InChI=1S/C23H22N4O4/c1-4-23(30)16-9-19-20-13(10-27(19)21(28)15(16)11-31-22(23)29)8-14-17(24-12-26(2)3)6-5-7-18(14)25-20/h5-9,12,30H,4,10-11H2,1-3H3/t23-/m0/s1. The Labute approximate surface area is 178 Å². The lowest BCUT2D eigenvalue weighted by Crippen LogP contribution is -2.44. The van der Waals surface area contributed by atoms with E-state index < -0.39 is 11.6 Å². The SMILES string of the molecule is CC[C@@]1(O)C(=O)OCc2c1cc1n(c2=O)Cc2cc3c(N=CN(C)C)cccc3nc2-1. The molecular formula is C23H22N4O4. The molecule has 2 aliphatic heterocycles. The van der Waals surface area contributed by atoms with E-state index in [1.165, 1.54) is 0 Å². The molecule has 0 amide bonds. The second-order valence-corrected chi connectivity index (χ2v) is 8.15. The van der Waals surface area contributed by atoms with E-state index >= 15 is 0 Å². The third kappa shape index (κ3) is 2.79. The van der Waals surface area contributed by atoms with E-state index in [4.69, 9.17) is 9.72 Å². The van der Waals surface area contributed by atoms with Gasteiger partial charge in [-0.2, -0.15) is 0 Å². The number of pyridine rings is 2. The molecule has 1 atom stereocenters. The van der Waals surface area contributed by atoms with Crippen molar-refractivity contribution in [3.8, 4) is 11.4 Å². The monoisotopic (exact) mass is 418 g/mol. The van der Waals surface area contributed by atoms with Crippen LogP contribution in [0, 0.1) is 0 Å². The Morgan fingerprint density at radius 1 is 1.32 bits per heavy atom. The predicted molar refractivity (Wildman–Crippen MR) is 116 cm³/mol. The van der Waals surface area contributed by atoms with E-state index in [9.17, 15) is 14.7 Å². The van der Waals surface area contributed by atoms with E-state index in [0.29, 0.717) is 29.1 Å². The number of hydrogen-bond donors (Lipinski definition) is 1. The summed E-state index contributed by atoms with van der Waals surface area (Å²) in [5.74, 6) is -0.722. The van der Waals surface area contributed by atoms with Gasteiger partial charge in [-0.3, -0.25) is 4.79 Å². The van der Waals surface area contributed by atoms with Gasteiger partial charge < -0.3 is 19.3 Å². The number of carbonyl (C=O) groups excluding carboxylic acids is 1. The molecule has 0 aliphatic carbocycles. The number of nitrogens with zero attached hydrogens (tertiary/aromatic N) is 4. The fourth-order valence-electron chi connectivity index (χ4n) is 4.28. The molecule has 0 bridgehead atoms. The highest BCUT2D eigenvalue weighted by atomic mass is 16.6. The molecule has 158 valence electrons. The van der Waals surface area contributed by atoms with Gasteiger partial charge in [0.15, 0.2) is 5.60 Å². The lowest BCUT2D eigenvalue weighted by molar-refractivity contribution is -0.172. The van der Waals surface area contributed by atoms with Crippen LogP contribution in [0.3, 0.4) is 0 Å². The van der Waals surface area contributed by atoms with Crippen LogP contribution in [-0.4, -0.2) is 46.0 Å². The van der Waals surface area contributed by atoms with Crippen molar-refractivity contribution < 1.29 is 14.6 Å². The number of benzene rings is 1. The summed E-state index contributed by atoms with van der Waals surface area (Å²) in [6.07, 6.45) is 1.85. The first-order valence-corrected chi connectivity index (χ1v) is 10.1. The molecule has 3 aromatic rings. The minimum atomic E-state index is -1.82. The van der Waals surface area contributed by atoms with Crippen LogP contribution in [0.15, 0.2) is 40.1 Å². The molecule has 0 fully saturated rings. The lowest BCUT2D eigenvalue weighted by Gasteiger charge is -2.31. The van der Waals surface area contributed by atoms with Crippen molar-refractivity contribution in [1.29, 1.82) is 0 Å². The fourth-order valence-corrected chi connectivity index (χ4v) is 4.28. The summed E-state index contributed by atoms with van der Waals surface area (Å²) in [6.45, 7) is 1.92. The number of aliphatic imine (C=N–C) groups is 1. The van der Waals surface area contributed by atoms with Crippen LogP contribution in [-0.2, 0) is 28.3 Å². The van der Waals surface area contributed by atoms with Gasteiger partial charge in [0.2, 0.25) is 0 Å². The van der Waals surface area contributed by atoms with E-state index in [-0.39, 0.29) is 18.6 Å². The summed E-state index contributed by atoms with van der Waals surface area (Å²) in [5.41, 5.74) is 2.28. The van der Waals surface area contributed by atoms with Gasteiger partial charge in [-0.25, -0.2) is 14.8 Å². The summed E-state index contributed by atoms with van der Waals surface area (Å²) < 4.78 is 6.75. The highest BCUT2D eigenvalue weighted by Crippen LogP contribution is 2.39. The molecule has 1 aromatic carbocycles. The van der Waals surface area contributed by atoms with Gasteiger partial charge in [0.1, 0.15) is 6.61 Å². The Hall–Kier alpha value is -3.52. The van der Waals surface area contributed by atoms with E-state index in [2.05, 4.69) is 4.99 Å². The zero-order valence-corrected chi connectivity index (χ0v) is 17.5. The van der Waals surface area contributed by atoms with Crippen LogP contribution in [0.5, 0.6) is 0 Å². The van der Waals surface area contributed by atoms with Gasteiger partial charge in [0, 0.05) is 30.6 Å². The molecule has 0 unspecified atom stereocenters. The van der Waals surface area contributed by atoms with Crippen LogP contribution >= 0.6 is 0 Å². The van der Waals surface area contributed by atoms with Crippen molar-refractivity contribution in [3.05, 3.63) is 57.4 Å². The normalized spacial score (nSPS) is 19.3. The maximum Gasteiger partial charge on any atom is 0.343 e. The molecule has 4 heterocycles. The van der Waals surface area contributed by atoms with Crippen LogP contribution in [0.4, 0.5) is 5.69 Å². The molecule has 2 aromatic heterocycles. The van der Waals surface area contributed by atoms with Gasteiger partial charge in [-0.15, -0.1) is 0 Å². The molecule has 8 heteroatoms. The van der Waals surface area contributed by atoms with Gasteiger partial charge in [0.25, 0.3) is 5.56 Å². The third-order valence-corrected chi connectivity index (χ3v) is 5.96. The van der Waals surface area contributed by atoms with Crippen molar-refractivity contribution in [2.24, 2.45) is 4.99 Å². The number of hydrogen-bond acceptors (Lipinski definition) is 6. The topological polar surface area (TPSA) is 97.0 Å². The Kier molecular flexibility index (Phi) is 4.23. The number of fused-ring (bicyclic) bond motifs is 5. The molecule has 0 radical (unpaired) electrons. The third-order valence-electron chi connectivity index (χ3n) is 5.96. The Morgan fingerprint density at radius 2 is 2.13 bits per heavy atom. The Morgan fingerprint density at radius 3 is 2.87 bits per heavy atom. The number of ether oxygens (including phenoxy) is 1. The number of esters is 1. The number of aliphatic hydroxyl groups is 1. The minimum Gasteiger partial charge on any atom is -0.458 e. The van der Waals surface area contributed by atoms with Crippen LogP contribution in [0.25, 0.3) is 22.3 Å². The Bertz CT molecular complexity index is 1340. The average Bonchev–Trinajstić information content (AvgIpc) is 3.11. The summed E-state index contributed by atoms with van der Waals surface area (Å²) in [4.78, 5) is 36.7. The number of cyclic esters (lactones) is 1. The highest BCUT2D eigenvalue weighted by Gasteiger charge is 2.45. The molecule has 31 heavy (non-hydrogen) atoms. The van der Waals surface area contributed by atoms with Gasteiger partial charge >= 0.3 is 5.97 Å². The smallest absolute Gasteiger partial charge is 0.343 e. The molecule has 0 saturated heterocycles. The van der Waals surface area contributed by atoms with Gasteiger partial charge in [-0.05, 0) is 30.7 Å². The number of rotatable bonds is 3. The molecule has 5 rings (SSSR count). The first-order chi connectivity index (χ1) is 14.8. The quantitative estimate of drug-likeness (QED) is 0.312. The number of aromatic nitrogens is 2. The van der Waals surface area contributed by atoms with Crippen molar-refractivity contribution in [3.63, 3.8) is 0 Å². The summed E-state index contributed by atoms with van der Waals surface area (Å²) in [6, 6.07) is 9.46. The molecule has 8 nitrogen and oxygen atoms in total. The van der Waals surface area contributed by atoms with Crippen molar-refractivity contribution in [2.45, 2.75) is 32.1 Å². The largest absolute Gasteiger partial charge is 0.458 e. The minimum absolute atomic E-state index is 0.118. The molecule has 0 spiro atoms. The van der Waals surface area contributed by atoms with Gasteiger partial charge in [0.05, 0.1) is 41.0 Å².